The zero-order valence-electron chi connectivity index (χ0n) is 9.64. The van der Waals surface area contributed by atoms with E-state index in [1.165, 1.54) is 12.1 Å². The van der Waals surface area contributed by atoms with Gasteiger partial charge in [0.1, 0.15) is 11.9 Å². The van der Waals surface area contributed by atoms with Crippen LogP contribution in [0.3, 0.4) is 0 Å². The van der Waals surface area contributed by atoms with Crippen LogP contribution >= 0.6 is 0 Å². The number of benzene rings is 1. The third-order valence-electron chi connectivity index (χ3n) is 2.58. The monoisotopic (exact) mass is 252 g/mol. The molecule has 1 aliphatic rings. The summed E-state index contributed by atoms with van der Waals surface area (Å²) in [5.74, 6) is -1.46. The Bertz CT molecular complexity index is 466. The molecule has 0 radical (unpaired) electrons. The summed E-state index contributed by atoms with van der Waals surface area (Å²) in [7, 11) is 0. The van der Waals surface area contributed by atoms with Gasteiger partial charge >= 0.3 is 5.97 Å². The molecule has 4 nitrogen and oxygen atoms in total. The van der Waals surface area contributed by atoms with Crippen molar-refractivity contribution in [2.45, 2.75) is 12.7 Å². The molecule has 0 saturated carbocycles. The molecule has 1 heterocycles. The fraction of sp³-hybridized carbons (Fsp3) is 0.308. The third kappa shape index (κ3) is 3.38. The van der Waals surface area contributed by atoms with Gasteiger partial charge in [-0.15, -0.1) is 0 Å². The number of hydrogen-bond donors (Lipinski definition) is 1. The lowest BCUT2D eigenvalue weighted by Gasteiger charge is -2.26. The van der Waals surface area contributed by atoms with Gasteiger partial charge in [0.15, 0.2) is 0 Å². The first kappa shape index (κ1) is 12.7. The van der Waals surface area contributed by atoms with E-state index >= 15 is 0 Å². The van der Waals surface area contributed by atoms with Crippen molar-refractivity contribution in [2.75, 3.05) is 13.2 Å². The molecule has 2 rings (SSSR count). The van der Waals surface area contributed by atoms with Crippen molar-refractivity contribution in [3.05, 3.63) is 41.2 Å². The van der Waals surface area contributed by atoms with E-state index in [2.05, 4.69) is 0 Å². The number of hydrogen-bond acceptors (Lipinski definition) is 3. The Morgan fingerprint density at radius 1 is 1.56 bits per heavy atom. The van der Waals surface area contributed by atoms with E-state index in [0.717, 1.165) is 6.08 Å². The standard InChI is InChI=1S/C13H13FO4/c14-12-5-9(2-4-13(15)16)1-3-10(12)6-18-11-7-17-8-11/h1-5,11H,6-8H2,(H,15,16)/b4-2+. The first-order valence-corrected chi connectivity index (χ1v) is 5.54. The van der Waals surface area contributed by atoms with Gasteiger partial charge in [-0.2, -0.15) is 0 Å². The summed E-state index contributed by atoms with van der Waals surface area (Å²) in [5, 5.41) is 8.47. The Morgan fingerprint density at radius 2 is 2.33 bits per heavy atom. The molecule has 5 heteroatoms. The molecule has 0 amide bonds. The van der Waals surface area contributed by atoms with Crippen molar-refractivity contribution in [2.24, 2.45) is 0 Å². The first-order valence-electron chi connectivity index (χ1n) is 5.54. The van der Waals surface area contributed by atoms with Crippen LogP contribution in [0.25, 0.3) is 6.08 Å². The summed E-state index contributed by atoms with van der Waals surface area (Å²) in [6, 6.07) is 4.53. The fourth-order valence-corrected chi connectivity index (χ4v) is 1.47. The second-order valence-electron chi connectivity index (χ2n) is 3.99. The molecule has 0 unspecified atom stereocenters. The molecule has 1 aromatic carbocycles. The van der Waals surface area contributed by atoms with Gasteiger partial charge in [-0.1, -0.05) is 12.1 Å². The third-order valence-corrected chi connectivity index (χ3v) is 2.58. The number of halogens is 1. The van der Waals surface area contributed by atoms with Gasteiger partial charge in [-0.25, -0.2) is 9.18 Å². The summed E-state index contributed by atoms with van der Waals surface area (Å²) in [5.41, 5.74) is 0.958. The van der Waals surface area contributed by atoms with Crippen LogP contribution in [0.4, 0.5) is 4.39 Å². The van der Waals surface area contributed by atoms with Gasteiger partial charge in [-0.3, -0.25) is 0 Å². The number of ether oxygens (including phenoxy) is 2. The molecule has 96 valence electrons. The fourth-order valence-electron chi connectivity index (χ4n) is 1.47. The molecular weight excluding hydrogens is 239 g/mol. The zero-order valence-corrected chi connectivity index (χ0v) is 9.64. The van der Waals surface area contributed by atoms with Crippen molar-refractivity contribution < 1.29 is 23.8 Å². The first-order chi connectivity index (χ1) is 8.65. The highest BCUT2D eigenvalue weighted by molar-refractivity contribution is 5.85. The van der Waals surface area contributed by atoms with Crippen molar-refractivity contribution in [3.63, 3.8) is 0 Å². The van der Waals surface area contributed by atoms with Crippen molar-refractivity contribution in [3.8, 4) is 0 Å². The summed E-state index contributed by atoms with van der Waals surface area (Å²) in [6.45, 7) is 1.31. The van der Waals surface area contributed by atoms with E-state index in [0.29, 0.717) is 24.3 Å². The number of rotatable bonds is 5. The van der Waals surface area contributed by atoms with E-state index in [1.54, 1.807) is 12.1 Å². The maximum Gasteiger partial charge on any atom is 0.328 e. The van der Waals surface area contributed by atoms with Gasteiger partial charge < -0.3 is 14.6 Å². The minimum Gasteiger partial charge on any atom is -0.478 e. The minimum absolute atomic E-state index is 0.0518. The molecule has 0 aliphatic carbocycles. The van der Waals surface area contributed by atoms with Gasteiger partial charge in [0.25, 0.3) is 0 Å². The van der Waals surface area contributed by atoms with E-state index in [9.17, 15) is 9.18 Å². The highest BCUT2D eigenvalue weighted by Gasteiger charge is 2.19. The van der Waals surface area contributed by atoms with Crippen molar-refractivity contribution in [1.82, 2.24) is 0 Å². The molecule has 0 spiro atoms. The number of carboxylic acid groups (broad SMARTS) is 1. The van der Waals surface area contributed by atoms with Crippen LogP contribution in [-0.2, 0) is 20.9 Å². The Hall–Kier alpha value is -1.72. The van der Waals surface area contributed by atoms with E-state index < -0.39 is 11.8 Å². The zero-order chi connectivity index (χ0) is 13.0. The average molecular weight is 252 g/mol. The lowest BCUT2D eigenvalue weighted by Crippen LogP contribution is -2.35. The maximum atomic E-state index is 13.7. The van der Waals surface area contributed by atoms with Crippen LogP contribution in [0.1, 0.15) is 11.1 Å². The van der Waals surface area contributed by atoms with Crippen LogP contribution < -0.4 is 0 Å². The summed E-state index contributed by atoms with van der Waals surface area (Å²) >= 11 is 0. The Kier molecular flexibility index (Phi) is 4.07. The van der Waals surface area contributed by atoms with Crippen molar-refractivity contribution in [1.29, 1.82) is 0 Å². The number of carbonyl (C=O) groups is 1. The summed E-state index contributed by atoms with van der Waals surface area (Å²) in [6.07, 6.45) is 2.36. The highest BCUT2D eigenvalue weighted by Crippen LogP contribution is 2.15. The predicted octanol–water partition coefficient (Wildman–Crippen LogP) is 1.84. The number of carboxylic acids is 1. The largest absolute Gasteiger partial charge is 0.478 e. The molecule has 1 aliphatic heterocycles. The van der Waals surface area contributed by atoms with Crippen LogP contribution in [0.2, 0.25) is 0 Å². The van der Waals surface area contributed by atoms with Crippen LogP contribution in [0.5, 0.6) is 0 Å². The minimum atomic E-state index is -1.06. The Labute approximate surface area is 104 Å². The molecule has 1 fully saturated rings. The molecule has 1 aromatic rings. The highest BCUT2D eigenvalue weighted by atomic mass is 19.1. The molecule has 1 N–H and O–H groups in total. The molecule has 1 saturated heterocycles. The SMILES string of the molecule is O=C(O)/C=C/c1ccc(COC2COC2)c(F)c1. The van der Waals surface area contributed by atoms with Crippen molar-refractivity contribution >= 4 is 12.0 Å². The van der Waals surface area contributed by atoms with E-state index in [1.807, 2.05) is 0 Å². The molecular formula is C13H13FO4. The summed E-state index contributed by atoms with van der Waals surface area (Å²) < 4.78 is 24.0. The Morgan fingerprint density at radius 3 is 2.89 bits per heavy atom. The van der Waals surface area contributed by atoms with E-state index in [-0.39, 0.29) is 12.7 Å². The van der Waals surface area contributed by atoms with Gasteiger partial charge in [0.05, 0.1) is 19.8 Å². The quantitative estimate of drug-likeness (QED) is 0.812. The van der Waals surface area contributed by atoms with Crippen LogP contribution in [0, 0.1) is 5.82 Å². The normalized spacial score (nSPS) is 15.8. The molecule has 18 heavy (non-hydrogen) atoms. The maximum absolute atomic E-state index is 13.7. The predicted molar refractivity (Wildman–Crippen MR) is 62.5 cm³/mol. The average Bonchev–Trinajstić information content (AvgIpc) is 2.26. The number of aliphatic carboxylic acids is 1. The lowest BCUT2D eigenvalue weighted by atomic mass is 10.1. The second-order valence-corrected chi connectivity index (χ2v) is 3.99. The molecule has 0 bridgehead atoms. The van der Waals surface area contributed by atoms with Gasteiger partial charge in [0.2, 0.25) is 0 Å². The van der Waals surface area contributed by atoms with Gasteiger partial charge in [0, 0.05) is 11.6 Å². The summed E-state index contributed by atoms with van der Waals surface area (Å²) in [4.78, 5) is 10.3. The topological polar surface area (TPSA) is 55.8 Å². The Balaban J connectivity index is 1.97. The van der Waals surface area contributed by atoms with Crippen LogP contribution in [-0.4, -0.2) is 30.4 Å². The molecule has 0 atom stereocenters. The molecule has 0 aromatic heterocycles. The van der Waals surface area contributed by atoms with Gasteiger partial charge in [-0.05, 0) is 17.7 Å². The smallest absolute Gasteiger partial charge is 0.328 e. The van der Waals surface area contributed by atoms with Crippen LogP contribution in [0.15, 0.2) is 24.3 Å². The van der Waals surface area contributed by atoms with E-state index in [4.69, 9.17) is 14.6 Å². The second kappa shape index (κ2) is 5.75. The lowest BCUT2D eigenvalue weighted by molar-refractivity contribution is -0.135.